The average molecular weight is 442 g/mol. The van der Waals surface area contributed by atoms with Gasteiger partial charge in [0.15, 0.2) is 5.96 Å². The van der Waals surface area contributed by atoms with E-state index in [1.54, 1.807) is 19.0 Å². The highest BCUT2D eigenvalue weighted by molar-refractivity contribution is 5.84. The summed E-state index contributed by atoms with van der Waals surface area (Å²) in [7, 11) is 3.48. The fourth-order valence-corrected chi connectivity index (χ4v) is 2.91. The first-order valence-corrected chi connectivity index (χ1v) is 11.3. The normalized spacial score (nSPS) is 15.7. The van der Waals surface area contributed by atoms with Gasteiger partial charge in [0.05, 0.1) is 6.10 Å². The predicted molar refractivity (Wildman–Crippen MR) is 123 cm³/mol. The number of carbonyl (C=O) groups is 2. The molecule has 2 amide bonds. The quantitative estimate of drug-likeness (QED) is 0.323. The zero-order chi connectivity index (χ0) is 23.4. The molecule has 0 saturated carbocycles. The van der Waals surface area contributed by atoms with Gasteiger partial charge in [0, 0.05) is 46.9 Å². The van der Waals surface area contributed by atoms with Crippen molar-refractivity contribution in [2.24, 2.45) is 10.9 Å². The summed E-state index contributed by atoms with van der Waals surface area (Å²) in [5.74, 6) is 1.27. The highest BCUT2D eigenvalue weighted by Gasteiger charge is 2.22. The number of nitrogens with one attached hydrogen (secondary N) is 2. The van der Waals surface area contributed by atoms with Crippen LogP contribution in [0.5, 0.6) is 0 Å². The number of hydrogen-bond donors (Lipinski definition) is 2. The molecule has 0 atom stereocenters. The molecule has 1 saturated heterocycles. The molecule has 1 heterocycles. The van der Waals surface area contributed by atoms with Crippen molar-refractivity contribution >= 4 is 18.0 Å². The first-order valence-electron chi connectivity index (χ1n) is 11.3. The molecule has 180 valence electrons. The largest absolute Gasteiger partial charge is 0.444 e. The Bertz CT molecular complexity index is 579. The number of hydrogen-bond acceptors (Lipinski definition) is 5. The summed E-state index contributed by atoms with van der Waals surface area (Å²) in [6.07, 6.45) is 2.36. The minimum absolute atomic E-state index is 0.0120. The molecular weight excluding hydrogens is 398 g/mol. The lowest BCUT2D eigenvalue weighted by Gasteiger charge is -2.34. The molecule has 1 rings (SSSR count). The summed E-state index contributed by atoms with van der Waals surface area (Å²) >= 11 is 0. The van der Waals surface area contributed by atoms with Crippen LogP contribution in [-0.4, -0.2) is 92.9 Å². The molecule has 1 fully saturated rings. The lowest BCUT2D eigenvalue weighted by molar-refractivity contribution is -0.127. The van der Waals surface area contributed by atoms with Crippen molar-refractivity contribution in [1.29, 1.82) is 0 Å². The second-order valence-corrected chi connectivity index (χ2v) is 9.54. The maximum atomic E-state index is 11.9. The van der Waals surface area contributed by atoms with Gasteiger partial charge in [-0.3, -0.25) is 4.79 Å². The molecule has 2 N–H and O–H groups in total. The fraction of sp³-hybridized carbons (Fsp3) is 0.864. The van der Waals surface area contributed by atoms with Gasteiger partial charge >= 0.3 is 6.09 Å². The topological polar surface area (TPSA) is 95.5 Å². The molecule has 0 spiro atoms. The van der Waals surface area contributed by atoms with Crippen LogP contribution in [0.3, 0.4) is 0 Å². The second-order valence-electron chi connectivity index (χ2n) is 9.54. The third-order valence-electron chi connectivity index (χ3n) is 4.62. The molecule has 0 aromatic rings. The highest BCUT2D eigenvalue weighted by atomic mass is 16.6. The van der Waals surface area contributed by atoms with Gasteiger partial charge in [-0.1, -0.05) is 13.8 Å². The standard InChI is InChI=1S/C22H43N5O4/c1-17(2)15-24-20(25-16-19(28)26(6)7)27-12-9-18(10-13-27)30-14-8-11-23-21(29)31-22(3,4)5/h17-18H,8-16H2,1-7H3,(H,23,29)(H,24,25). The summed E-state index contributed by atoms with van der Waals surface area (Å²) in [4.78, 5) is 31.9. The number of aliphatic imine (C=N–C) groups is 1. The van der Waals surface area contributed by atoms with E-state index in [0.29, 0.717) is 19.1 Å². The molecule has 0 aliphatic carbocycles. The van der Waals surface area contributed by atoms with E-state index in [9.17, 15) is 9.59 Å². The predicted octanol–water partition coefficient (Wildman–Crippen LogP) is 2.07. The number of amides is 2. The van der Waals surface area contributed by atoms with Gasteiger partial charge in [-0.05, 0) is 46.0 Å². The number of likely N-dealkylation sites (N-methyl/N-ethyl adjacent to an activating group) is 1. The van der Waals surface area contributed by atoms with Gasteiger partial charge in [0.2, 0.25) is 5.91 Å². The van der Waals surface area contributed by atoms with Crippen LogP contribution in [0.4, 0.5) is 4.79 Å². The number of likely N-dealkylation sites (tertiary alicyclic amines) is 1. The van der Waals surface area contributed by atoms with Gasteiger partial charge in [0.25, 0.3) is 0 Å². The number of nitrogens with zero attached hydrogens (tertiary/aromatic N) is 3. The Morgan fingerprint density at radius 1 is 1.16 bits per heavy atom. The van der Waals surface area contributed by atoms with E-state index < -0.39 is 11.7 Å². The lowest BCUT2D eigenvalue weighted by atomic mass is 10.1. The summed E-state index contributed by atoms with van der Waals surface area (Å²) in [5, 5.41) is 6.15. The Hall–Kier alpha value is -2.03. The number of guanidine groups is 1. The van der Waals surface area contributed by atoms with Crippen molar-refractivity contribution in [3.05, 3.63) is 0 Å². The molecular formula is C22H43N5O4. The third kappa shape index (κ3) is 12.4. The number of ether oxygens (including phenoxy) is 2. The van der Waals surface area contributed by atoms with Crippen molar-refractivity contribution in [3.63, 3.8) is 0 Å². The SMILES string of the molecule is CC(C)CNC(=NCC(=O)N(C)C)N1CCC(OCCCNC(=O)OC(C)(C)C)CC1. The maximum Gasteiger partial charge on any atom is 0.407 e. The van der Waals surface area contributed by atoms with Crippen LogP contribution in [0.15, 0.2) is 4.99 Å². The van der Waals surface area contributed by atoms with E-state index in [4.69, 9.17) is 9.47 Å². The molecule has 0 unspecified atom stereocenters. The first-order chi connectivity index (χ1) is 14.5. The molecule has 0 radical (unpaired) electrons. The van der Waals surface area contributed by atoms with Crippen LogP contribution in [0.25, 0.3) is 0 Å². The Balaban J connectivity index is 2.36. The molecule has 0 aromatic heterocycles. The number of alkyl carbamates (subject to hydrolysis) is 1. The number of rotatable bonds is 9. The minimum Gasteiger partial charge on any atom is -0.444 e. The Morgan fingerprint density at radius 3 is 2.35 bits per heavy atom. The van der Waals surface area contributed by atoms with Crippen molar-refractivity contribution in [3.8, 4) is 0 Å². The molecule has 31 heavy (non-hydrogen) atoms. The van der Waals surface area contributed by atoms with Gasteiger partial charge in [-0.25, -0.2) is 9.79 Å². The molecule has 9 nitrogen and oxygen atoms in total. The van der Waals surface area contributed by atoms with Gasteiger partial charge in [-0.2, -0.15) is 0 Å². The van der Waals surface area contributed by atoms with Crippen molar-refractivity contribution in [1.82, 2.24) is 20.4 Å². The van der Waals surface area contributed by atoms with E-state index in [2.05, 4.69) is 34.4 Å². The monoisotopic (exact) mass is 441 g/mol. The van der Waals surface area contributed by atoms with Gasteiger partial charge in [-0.15, -0.1) is 0 Å². The van der Waals surface area contributed by atoms with E-state index in [1.807, 2.05) is 20.8 Å². The van der Waals surface area contributed by atoms with Crippen LogP contribution in [-0.2, 0) is 14.3 Å². The first kappa shape index (κ1) is 27.0. The molecule has 1 aliphatic rings. The van der Waals surface area contributed by atoms with Crippen molar-refractivity contribution in [2.75, 3.05) is 53.4 Å². The zero-order valence-electron chi connectivity index (χ0n) is 20.5. The maximum absolute atomic E-state index is 11.9. The lowest BCUT2D eigenvalue weighted by Crippen LogP contribution is -2.48. The van der Waals surface area contributed by atoms with Gasteiger partial charge < -0.3 is 29.9 Å². The number of piperidine rings is 1. The van der Waals surface area contributed by atoms with E-state index in [1.165, 1.54) is 0 Å². The minimum atomic E-state index is -0.486. The van der Waals surface area contributed by atoms with E-state index in [-0.39, 0.29) is 18.6 Å². The van der Waals surface area contributed by atoms with E-state index >= 15 is 0 Å². The molecule has 0 aromatic carbocycles. The van der Waals surface area contributed by atoms with Crippen molar-refractivity contribution in [2.45, 2.75) is 65.6 Å². The average Bonchev–Trinajstić information content (AvgIpc) is 2.66. The second kappa shape index (κ2) is 13.4. The Kier molecular flexibility index (Phi) is 11.7. The Morgan fingerprint density at radius 2 is 1.81 bits per heavy atom. The highest BCUT2D eigenvalue weighted by Crippen LogP contribution is 2.14. The van der Waals surface area contributed by atoms with Crippen molar-refractivity contribution < 1.29 is 19.1 Å². The summed E-state index contributed by atoms with van der Waals surface area (Å²) in [6.45, 7) is 13.6. The molecule has 9 heteroatoms. The van der Waals surface area contributed by atoms with Crippen LogP contribution < -0.4 is 10.6 Å². The summed E-state index contributed by atoms with van der Waals surface area (Å²) in [6, 6.07) is 0. The fourth-order valence-electron chi connectivity index (χ4n) is 2.91. The van der Waals surface area contributed by atoms with Crippen LogP contribution >= 0.6 is 0 Å². The van der Waals surface area contributed by atoms with Crippen LogP contribution in [0.1, 0.15) is 53.9 Å². The van der Waals surface area contributed by atoms with Gasteiger partial charge in [0.1, 0.15) is 12.1 Å². The number of carbonyl (C=O) groups excluding carboxylic acids is 2. The smallest absolute Gasteiger partial charge is 0.407 e. The molecule has 0 bridgehead atoms. The van der Waals surface area contributed by atoms with Crippen LogP contribution in [0.2, 0.25) is 0 Å². The van der Waals surface area contributed by atoms with E-state index in [0.717, 1.165) is 44.9 Å². The summed E-state index contributed by atoms with van der Waals surface area (Å²) < 4.78 is 11.2. The third-order valence-corrected chi connectivity index (χ3v) is 4.62. The molecule has 1 aliphatic heterocycles. The van der Waals surface area contributed by atoms with Crippen LogP contribution in [0, 0.1) is 5.92 Å². The zero-order valence-corrected chi connectivity index (χ0v) is 20.5. The Labute approximate surface area is 187 Å². The summed E-state index contributed by atoms with van der Waals surface area (Å²) in [5.41, 5.74) is -0.486.